The average molecular weight is 522 g/mol. The van der Waals surface area contributed by atoms with E-state index in [1.54, 1.807) is 0 Å². The first-order chi connectivity index (χ1) is 13.2. The van der Waals surface area contributed by atoms with Gasteiger partial charge in [-0.3, -0.25) is 14.5 Å². The lowest BCUT2D eigenvalue weighted by Crippen LogP contribution is -2.57. The number of piperazine rings is 1. The number of nitrogens with one attached hydrogen (secondary N) is 2. The minimum Gasteiger partial charge on any atom is -0.357 e. The van der Waals surface area contributed by atoms with E-state index in [1.165, 1.54) is 0 Å². The van der Waals surface area contributed by atoms with Crippen LogP contribution >= 0.6 is 24.0 Å². The van der Waals surface area contributed by atoms with Crippen LogP contribution in [0.15, 0.2) is 4.99 Å². The number of rotatable bonds is 5. The Morgan fingerprint density at radius 3 is 2.10 bits per heavy atom. The van der Waals surface area contributed by atoms with Gasteiger partial charge in [-0.15, -0.1) is 24.0 Å². The van der Waals surface area contributed by atoms with Crippen molar-refractivity contribution in [2.75, 3.05) is 52.4 Å². The Hall–Kier alpha value is -1.10. The topological polar surface area (TPSA) is 80.3 Å². The van der Waals surface area contributed by atoms with Crippen molar-refractivity contribution < 1.29 is 9.59 Å². The number of hydrogen-bond acceptors (Lipinski definition) is 4. The molecule has 0 bridgehead atoms. The van der Waals surface area contributed by atoms with Gasteiger partial charge in [-0.1, -0.05) is 0 Å². The molecule has 2 N–H and O–H groups in total. The van der Waals surface area contributed by atoms with E-state index < -0.39 is 0 Å². The molecule has 168 valence electrons. The van der Waals surface area contributed by atoms with Crippen LogP contribution in [-0.4, -0.2) is 96.4 Å². The molecule has 0 radical (unpaired) electrons. The number of nitrogens with zero attached hydrogens (tertiary/aromatic N) is 4. The highest BCUT2D eigenvalue weighted by Crippen LogP contribution is 2.14. The molecule has 2 rings (SSSR count). The van der Waals surface area contributed by atoms with Gasteiger partial charge in [0.2, 0.25) is 11.8 Å². The maximum absolute atomic E-state index is 12.6. The standard InChI is InChI=1S/C20H38N6O2.HI/c1-6-21-19(22-15-17(27)23-20(3,4)5)26-13-11-24(12-14-26)16(2)18(28)25-9-7-8-10-25;/h16H,6-15H2,1-5H3,(H,21,22)(H,23,27);1H. The quantitative estimate of drug-likeness (QED) is 0.322. The first-order valence-electron chi connectivity index (χ1n) is 10.6. The molecule has 2 aliphatic rings. The van der Waals surface area contributed by atoms with Gasteiger partial charge in [0.15, 0.2) is 5.96 Å². The first-order valence-corrected chi connectivity index (χ1v) is 10.6. The van der Waals surface area contributed by atoms with Crippen LogP contribution in [0.1, 0.15) is 47.5 Å². The van der Waals surface area contributed by atoms with Gasteiger partial charge in [0.25, 0.3) is 0 Å². The molecule has 1 atom stereocenters. The summed E-state index contributed by atoms with van der Waals surface area (Å²) in [5, 5.41) is 6.22. The van der Waals surface area contributed by atoms with E-state index in [2.05, 4.69) is 25.4 Å². The fourth-order valence-corrected chi connectivity index (χ4v) is 3.71. The molecule has 0 saturated carbocycles. The third-order valence-electron chi connectivity index (χ3n) is 5.16. The summed E-state index contributed by atoms with van der Waals surface area (Å²) >= 11 is 0. The highest BCUT2D eigenvalue weighted by Gasteiger charge is 2.30. The van der Waals surface area contributed by atoms with Crippen molar-refractivity contribution in [3.05, 3.63) is 0 Å². The van der Waals surface area contributed by atoms with Crippen LogP contribution in [0.2, 0.25) is 0 Å². The SMILES string of the molecule is CCNC(=NCC(=O)NC(C)(C)C)N1CCN(C(C)C(=O)N2CCCC2)CC1.I. The van der Waals surface area contributed by atoms with Gasteiger partial charge in [0, 0.05) is 51.4 Å². The minimum absolute atomic E-state index is 0. The predicted octanol–water partition coefficient (Wildman–Crippen LogP) is 1.11. The van der Waals surface area contributed by atoms with Crippen molar-refractivity contribution in [2.24, 2.45) is 4.99 Å². The number of aliphatic imine (C=N–C) groups is 1. The van der Waals surface area contributed by atoms with Crippen LogP contribution in [0.25, 0.3) is 0 Å². The molecule has 8 nitrogen and oxygen atoms in total. The van der Waals surface area contributed by atoms with E-state index in [4.69, 9.17) is 0 Å². The van der Waals surface area contributed by atoms with E-state index in [0.29, 0.717) is 0 Å². The molecule has 2 amide bonds. The number of hydrogen-bond donors (Lipinski definition) is 2. The Labute approximate surface area is 192 Å². The largest absolute Gasteiger partial charge is 0.357 e. The van der Waals surface area contributed by atoms with Gasteiger partial charge in [-0.25, -0.2) is 4.99 Å². The number of halogens is 1. The fraction of sp³-hybridized carbons (Fsp3) is 0.850. The van der Waals surface area contributed by atoms with Gasteiger partial charge in [0.1, 0.15) is 6.54 Å². The molecule has 9 heteroatoms. The lowest BCUT2D eigenvalue weighted by atomic mass is 10.1. The molecule has 0 aromatic heterocycles. The zero-order valence-electron chi connectivity index (χ0n) is 18.7. The second-order valence-electron chi connectivity index (χ2n) is 8.70. The predicted molar refractivity (Wildman–Crippen MR) is 128 cm³/mol. The third kappa shape index (κ3) is 8.27. The highest BCUT2D eigenvalue weighted by molar-refractivity contribution is 14.0. The molecular weight excluding hydrogens is 483 g/mol. The Kier molecular flexibility index (Phi) is 10.7. The second-order valence-corrected chi connectivity index (χ2v) is 8.70. The Morgan fingerprint density at radius 2 is 1.59 bits per heavy atom. The molecule has 0 spiro atoms. The Morgan fingerprint density at radius 1 is 1.00 bits per heavy atom. The molecule has 1 unspecified atom stereocenters. The molecule has 2 fully saturated rings. The number of amides is 2. The number of carbonyl (C=O) groups excluding carboxylic acids is 2. The molecule has 2 heterocycles. The minimum atomic E-state index is -0.255. The number of likely N-dealkylation sites (tertiary alicyclic amines) is 1. The van der Waals surface area contributed by atoms with Gasteiger partial charge in [0.05, 0.1) is 6.04 Å². The maximum atomic E-state index is 12.6. The van der Waals surface area contributed by atoms with Crippen LogP contribution in [0.3, 0.4) is 0 Å². The molecule has 0 aliphatic carbocycles. The zero-order valence-corrected chi connectivity index (χ0v) is 21.0. The Balaban J connectivity index is 0.00000420. The van der Waals surface area contributed by atoms with Crippen molar-refractivity contribution in [3.8, 4) is 0 Å². The van der Waals surface area contributed by atoms with Crippen molar-refractivity contribution in [2.45, 2.75) is 59.0 Å². The van der Waals surface area contributed by atoms with Crippen molar-refractivity contribution in [3.63, 3.8) is 0 Å². The van der Waals surface area contributed by atoms with Crippen molar-refractivity contribution >= 4 is 41.8 Å². The fourth-order valence-electron chi connectivity index (χ4n) is 3.71. The summed E-state index contributed by atoms with van der Waals surface area (Å²) in [5.74, 6) is 0.946. The van der Waals surface area contributed by atoms with Crippen LogP contribution < -0.4 is 10.6 Å². The normalized spacial score (nSPS) is 19.6. The highest BCUT2D eigenvalue weighted by atomic mass is 127. The zero-order chi connectivity index (χ0) is 20.7. The van der Waals surface area contributed by atoms with Crippen molar-refractivity contribution in [1.82, 2.24) is 25.3 Å². The van der Waals surface area contributed by atoms with Crippen LogP contribution in [0.4, 0.5) is 0 Å². The van der Waals surface area contributed by atoms with Crippen molar-refractivity contribution in [1.29, 1.82) is 0 Å². The van der Waals surface area contributed by atoms with Crippen LogP contribution in [0.5, 0.6) is 0 Å². The van der Waals surface area contributed by atoms with E-state index in [0.717, 1.165) is 64.6 Å². The summed E-state index contributed by atoms with van der Waals surface area (Å²) in [6.07, 6.45) is 2.25. The summed E-state index contributed by atoms with van der Waals surface area (Å²) in [6, 6.07) is -0.0719. The van der Waals surface area contributed by atoms with Gasteiger partial charge in [-0.2, -0.15) is 0 Å². The number of carbonyl (C=O) groups is 2. The van der Waals surface area contributed by atoms with E-state index in [1.807, 2.05) is 39.5 Å². The molecule has 0 aromatic carbocycles. The first kappa shape index (κ1) is 25.9. The van der Waals surface area contributed by atoms with Gasteiger partial charge >= 0.3 is 0 Å². The Bertz CT molecular complexity index is 564. The van der Waals surface area contributed by atoms with E-state index in [9.17, 15) is 9.59 Å². The molecule has 29 heavy (non-hydrogen) atoms. The van der Waals surface area contributed by atoms with Gasteiger partial charge in [-0.05, 0) is 47.5 Å². The average Bonchev–Trinajstić information content (AvgIpc) is 3.17. The van der Waals surface area contributed by atoms with E-state index >= 15 is 0 Å². The van der Waals surface area contributed by atoms with E-state index in [-0.39, 0.29) is 53.9 Å². The van der Waals surface area contributed by atoms with Gasteiger partial charge < -0.3 is 20.4 Å². The molecule has 0 aromatic rings. The summed E-state index contributed by atoms with van der Waals surface area (Å²) in [6.45, 7) is 15.8. The summed E-state index contributed by atoms with van der Waals surface area (Å²) in [5.41, 5.74) is -0.255. The monoisotopic (exact) mass is 522 g/mol. The molecule has 2 saturated heterocycles. The third-order valence-corrected chi connectivity index (χ3v) is 5.16. The summed E-state index contributed by atoms with van der Waals surface area (Å²) in [7, 11) is 0. The molecular formula is C20H39IN6O2. The van der Waals surface area contributed by atoms with Crippen LogP contribution in [-0.2, 0) is 9.59 Å². The maximum Gasteiger partial charge on any atom is 0.242 e. The van der Waals surface area contributed by atoms with Crippen LogP contribution in [0, 0.1) is 0 Å². The lowest BCUT2D eigenvalue weighted by molar-refractivity contribution is -0.135. The summed E-state index contributed by atoms with van der Waals surface area (Å²) < 4.78 is 0. The summed E-state index contributed by atoms with van der Waals surface area (Å²) in [4.78, 5) is 35.7. The smallest absolute Gasteiger partial charge is 0.242 e. The lowest BCUT2D eigenvalue weighted by Gasteiger charge is -2.39. The number of guanidine groups is 1. The molecule has 2 aliphatic heterocycles. The second kappa shape index (κ2) is 11.9.